The summed E-state index contributed by atoms with van der Waals surface area (Å²) in [5, 5.41) is 17.9. The minimum atomic E-state index is -4.07. The number of primary sulfonamides is 1. The Morgan fingerprint density at radius 1 is 1.12 bits per heavy atom. The van der Waals surface area contributed by atoms with Crippen LogP contribution in [0.5, 0.6) is 0 Å². The highest BCUT2D eigenvalue weighted by Crippen LogP contribution is 2.35. The average Bonchev–Trinajstić information content (AvgIpc) is 2.59. The lowest BCUT2D eigenvalue weighted by Gasteiger charge is -2.23. The van der Waals surface area contributed by atoms with Crippen LogP contribution < -0.4 is 10.5 Å². The van der Waals surface area contributed by atoms with Gasteiger partial charge >= 0.3 is 0 Å². The van der Waals surface area contributed by atoms with Gasteiger partial charge in [0.1, 0.15) is 16.2 Å². The SMILES string of the molecule is CC1C(=O)C(C(=O)Nc2ccccc2S(N)(=O)=O)=C(O)c2ccccc21. The number of hydrogen-bond acceptors (Lipinski definition) is 5. The van der Waals surface area contributed by atoms with Gasteiger partial charge in [0.25, 0.3) is 5.91 Å². The van der Waals surface area contributed by atoms with Crippen LogP contribution in [0.1, 0.15) is 24.0 Å². The number of anilines is 1. The van der Waals surface area contributed by atoms with Crippen LogP contribution in [0.4, 0.5) is 5.69 Å². The summed E-state index contributed by atoms with van der Waals surface area (Å²) in [5.74, 6) is -2.50. The van der Waals surface area contributed by atoms with Crippen LogP contribution in [0.15, 0.2) is 59.0 Å². The molecule has 0 radical (unpaired) electrons. The molecule has 4 N–H and O–H groups in total. The largest absolute Gasteiger partial charge is 0.506 e. The van der Waals surface area contributed by atoms with Gasteiger partial charge in [0.15, 0.2) is 5.78 Å². The molecule has 2 aromatic rings. The molecule has 0 bridgehead atoms. The van der Waals surface area contributed by atoms with Crippen molar-refractivity contribution in [2.75, 3.05) is 5.32 Å². The molecule has 134 valence electrons. The third-order valence-corrected chi connectivity index (χ3v) is 5.20. The number of ketones is 1. The van der Waals surface area contributed by atoms with E-state index >= 15 is 0 Å². The molecule has 2 aromatic carbocycles. The Morgan fingerprint density at radius 3 is 2.42 bits per heavy atom. The Balaban J connectivity index is 2.06. The minimum absolute atomic E-state index is 0.0698. The van der Waals surface area contributed by atoms with Crippen molar-refractivity contribution in [3.8, 4) is 0 Å². The van der Waals surface area contributed by atoms with E-state index in [9.17, 15) is 23.1 Å². The second-order valence-electron chi connectivity index (χ2n) is 5.89. The molecule has 0 heterocycles. The fraction of sp³-hybridized carbons (Fsp3) is 0.111. The number of aliphatic hydroxyl groups excluding tert-OH is 1. The summed E-state index contributed by atoms with van der Waals surface area (Å²) in [4.78, 5) is 24.9. The number of fused-ring (bicyclic) bond motifs is 1. The van der Waals surface area contributed by atoms with Gasteiger partial charge in [-0.25, -0.2) is 13.6 Å². The highest BCUT2D eigenvalue weighted by molar-refractivity contribution is 7.89. The van der Waals surface area contributed by atoms with Gasteiger partial charge in [-0.3, -0.25) is 9.59 Å². The number of carbonyl (C=O) groups excluding carboxylic acids is 2. The van der Waals surface area contributed by atoms with Crippen molar-refractivity contribution >= 4 is 33.2 Å². The number of Topliss-reactive ketones (excluding diaryl/α,β-unsaturated/α-hetero) is 1. The van der Waals surface area contributed by atoms with Crippen molar-refractivity contribution in [1.29, 1.82) is 0 Å². The van der Waals surface area contributed by atoms with E-state index in [1.807, 2.05) is 0 Å². The Labute approximate surface area is 150 Å². The maximum Gasteiger partial charge on any atom is 0.263 e. The monoisotopic (exact) mass is 372 g/mol. The van der Waals surface area contributed by atoms with Crippen molar-refractivity contribution in [2.45, 2.75) is 17.7 Å². The molecule has 0 fully saturated rings. The molecule has 1 aliphatic carbocycles. The molecule has 1 atom stereocenters. The van der Waals surface area contributed by atoms with E-state index in [1.165, 1.54) is 24.3 Å². The second-order valence-corrected chi connectivity index (χ2v) is 7.42. The van der Waals surface area contributed by atoms with Gasteiger partial charge in [-0.05, 0) is 17.7 Å². The molecule has 0 spiro atoms. The summed E-state index contributed by atoms with van der Waals surface area (Å²) >= 11 is 0. The predicted octanol–water partition coefficient (Wildman–Crippen LogP) is 1.93. The van der Waals surface area contributed by atoms with E-state index in [1.54, 1.807) is 31.2 Å². The quantitative estimate of drug-likeness (QED) is 0.710. The Morgan fingerprint density at radius 2 is 1.73 bits per heavy atom. The maximum atomic E-state index is 12.6. The van der Waals surface area contributed by atoms with Crippen LogP contribution in [0, 0.1) is 0 Å². The number of benzene rings is 2. The normalized spacial score (nSPS) is 17.0. The van der Waals surface area contributed by atoms with Crippen molar-refractivity contribution < 1.29 is 23.1 Å². The molecule has 7 nitrogen and oxygen atoms in total. The standard InChI is InChI=1S/C18H16N2O5S/c1-10-11-6-2-3-7-12(11)17(22)15(16(10)21)18(23)20-13-8-4-5-9-14(13)26(19,24)25/h2-10,22H,1H3,(H,20,23)(H2,19,24,25). The summed E-state index contributed by atoms with van der Waals surface area (Å²) in [7, 11) is -4.07. The van der Waals surface area contributed by atoms with Crippen LogP contribution in [-0.2, 0) is 19.6 Å². The zero-order chi connectivity index (χ0) is 19.1. The first-order valence-corrected chi connectivity index (χ1v) is 9.26. The zero-order valence-electron chi connectivity index (χ0n) is 13.8. The van der Waals surface area contributed by atoms with Crippen LogP contribution in [0.2, 0.25) is 0 Å². The van der Waals surface area contributed by atoms with Crippen molar-refractivity contribution in [3.05, 3.63) is 65.2 Å². The third-order valence-electron chi connectivity index (χ3n) is 4.23. The molecule has 1 unspecified atom stereocenters. The van der Waals surface area contributed by atoms with E-state index < -0.39 is 39.0 Å². The fourth-order valence-corrected chi connectivity index (χ4v) is 3.62. The average molecular weight is 372 g/mol. The van der Waals surface area contributed by atoms with Gasteiger partial charge in [0, 0.05) is 11.5 Å². The number of para-hydroxylation sites is 1. The van der Waals surface area contributed by atoms with Crippen molar-refractivity contribution in [2.24, 2.45) is 5.14 Å². The highest BCUT2D eigenvalue weighted by Gasteiger charge is 2.35. The number of nitrogens with one attached hydrogen (secondary N) is 1. The van der Waals surface area contributed by atoms with E-state index in [0.717, 1.165) is 0 Å². The number of amides is 1. The van der Waals surface area contributed by atoms with Crippen molar-refractivity contribution in [3.63, 3.8) is 0 Å². The lowest BCUT2D eigenvalue weighted by atomic mass is 9.81. The van der Waals surface area contributed by atoms with Gasteiger partial charge in [0.2, 0.25) is 10.0 Å². The van der Waals surface area contributed by atoms with E-state index in [4.69, 9.17) is 5.14 Å². The molecular formula is C18H16N2O5S. The zero-order valence-corrected chi connectivity index (χ0v) is 14.6. The highest BCUT2D eigenvalue weighted by atomic mass is 32.2. The summed E-state index contributed by atoms with van der Waals surface area (Å²) in [6.07, 6.45) is 0. The van der Waals surface area contributed by atoms with Gasteiger partial charge in [-0.2, -0.15) is 0 Å². The molecule has 1 amide bonds. The molecule has 0 saturated heterocycles. The van der Waals surface area contributed by atoms with Crippen molar-refractivity contribution in [1.82, 2.24) is 0 Å². The number of sulfonamides is 1. The Hall–Kier alpha value is -2.97. The number of hydrogen-bond donors (Lipinski definition) is 3. The molecule has 1 aliphatic rings. The van der Waals surface area contributed by atoms with Gasteiger partial charge in [0.05, 0.1) is 5.69 Å². The molecule has 26 heavy (non-hydrogen) atoms. The first-order valence-electron chi connectivity index (χ1n) is 7.71. The molecule has 0 saturated carbocycles. The summed E-state index contributed by atoms with van der Waals surface area (Å²) < 4.78 is 23.3. The van der Waals surface area contributed by atoms with E-state index in [2.05, 4.69) is 5.32 Å². The van der Waals surface area contributed by atoms with Gasteiger partial charge in [-0.15, -0.1) is 0 Å². The number of carbonyl (C=O) groups is 2. The predicted molar refractivity (Wildman–Crippen MR) is 95.9 cm³/mol. The molecule has 3 rings (SSSR count). The van der Waals surface area contributed by atoms with Crippen LogP contribution in [0.25, 0.3) is 5.76 Å². The molecule has 0 aliphatic heterocycles. The summed E-state index contributed by atoms with van der Waals surface area (Å²) in [6.45, 7) is 1.64. The van der Waals surface area contributed by atoms with Crippen LogP contribution in [0.3, 0.4) is 0 Å². The minimum Gasteiger partial charge on any atom is -0.506 e. The van der Waals surface area contributed by atoms with E-state index in [0.29, 0.717) is 11.1 Å². The van der Waals surface area contributed by atoms with E-state index in [-0.39, 0.29) is 10.6 Å². The summed E-state index contributed by atoms with van der Waals surface area (Å²) in [6, 6.07) is 12.3. The van der Waals surface area contributed by atoms with Crippen LogP contribution >= 0.6 is 0 Å². The Kier molecular flexibility index (Phi) is 4.39. The summed E-state index contributed by atoms with van der Waals surface area (Å²) in [5.41, 5.74) is 0.529. The lowest BCUT2D eigenvalue weighted by molar-refractivity contribution is -0.121. The topological polar surface area (TPSA) is 127 Å². The van der Waals surface area contributed by atoms with Crippen LogP contribution in [-0.4, -0.2) is 25.2 Å². The fourth-order valence-electron chi connectivity index (χ4n) is 2.92. The Bertz CT molecular complexity index is 1060. The first-order chi connectivity index (χ1) is 12.2. The first kappa shape index (κ1) is 17.8. The molecule has 8 heteroatoms. The number of aliphatic hydroxyl groups is 1. The number of nitrogens with two attached hydrogens (primary N) is 1. The lowest BCUT2D eigenvalue weighted by Crippen LogP contribution is -2.29. The molecular weight excluding hydrogens is 356 g/mol. The number of rotatable bonds is 3. The second kappa shape index (κ2) is 6.40. The van der Waals surface area contributed by atoms with Gasteiger partial charge < -0.3 is 10.4 Å². The third kappa shape index (κ3) is 3.00. The van der Waals surface area contributed by atoms with Gasteiger partial charge in [-0.1, -0.05) is 43.3 Å². The molecule has 0 aromatic heterocycles. The smallest absolute Gasteiger partial charge is 0.263 e. The maximum absolute atomic E-state index is 12.6.